The van der Waals surface area contributed by atoms with E-state index in [9.17, 15) is 13.2 Å². The summed E-state index contributed by atoms with van der Waals surface area (Å²) in [4.78, 5) is 12.5. The highest BCUT2D eigenvalue weighted by Gasteiger charge is 2.30. The lowest BCUT2D eigenvalue weighted by atomic mass is 9.99. The van der Waals surface area contributed by atoms with Gasteiger partial charge in [0, 0.05) is 23.5 Å². The summed E-state index contributed by atoms with van der Waals surface area (Å²) in [7, 11) is -3.77. The first-order chi connectivity index (χ1) is 12.6. The topological polar surface area (TPSA) is 75.3 Å². The number of benzene rings is 1. The van der Waals surface area contributed by atoms with Gasteiger partial charge in [0.2, 0.25) is 15.9 Å². The third kappa shape index (κ3) is 6.77. The molecule has 0 aromatic heterocycles. The molecule has 0 saturated heterocycles. The van der Waals surface area contributed by atoms with Crippen LogP contribution >= 0.6 is 11.6 Å². The number of rotatable bonds is 7. The first-order valence-electron chi connectivity index (χ1n) is 9.66. The fourth-order valence-electron chi connectivity index (χ4n) is 3.62. The van der Waals surface area contributed by atoms with Crippen LogP contribution in [0.2, 0.25) is 5.02 Å². The predicted octanol–water partition coefficient (Wildman–Crippen LogP) is 4.18. The standard InChI is InChI=1S/C20H31ClN2O3S/c1-15-17(21)11-8-12-18(15)27(25,26)23-20(2,3)13-19(24)22-14-16-9-6-4-5-7-10-16/h8,11-12,16,23H,4-7,9-10,13-14H2,1-3H3,(H,22,24). The average molecular weight is 415 g/mol. The molecule has 27 heavy (non-hydrogen) atoms. The van der Waals surface area contributed by atoms with Gasteiger partial charge >= 0.3 is 0 Å². The number of halogens is 1. The van der Waals surface area contributed by atoms with E-state index < -0.39 is 15.6 Å². The molecule has 5 nitrogen and oxygen atoms in total. The number of carbonyl (C=O) groups excluding carboxylic acids is 1. The molecular formula is C20H31ClN2O3S. The second-order valence-corrected chi connectivity index (χ2v) is 10.2. The summed E-state index contributed by atoms with van der Waals surface area (Å²) in [5.41, 5.74) is -0.401. The van der Waals surface area contributed by atoms with Crippen LogP contribution in [0.25, 0.3) is 0 Å². The van der Waals surface area contributed by atoms with Gasteiger partial charge in [-0.3, -0.25) is 4.79 Å². The van der Waals surface area contributed by atoms with Crippen LogP contribution in [0.4, 0.5) is 0 Å². The van der Waals surface area contributed by atoms with Gasteiger partial charge in [-0.25, -0.2) is 13.1 Å². The van der Waals surface area contributed by atoms with Gasteiger partial charge in [0.05, 0.1) is 4.90 Å². The highest BCUT2D eigenvalue weighted by atomic mass is 35.5. The summed E-state index contributed by atoms with van der Waals surface area (Å²) in [5.74, 6) is 0.403. The molecule has 1 saturated carbocycles. The van der Waals surface area contributed by atoms with Gasteiger partial charge in [0.15, 0.2) is 0 Å². The van der Waals surface area contributed by atoms with Crippen molar-refractivity contribution in [2.75, 3.05) is 6.54 Å². The van der Waals surface area contributed by atoms with E-state index in [1.165, 1.54) is 31.7 Å². The van der Waals surface area contributed by atoms with Crippen LogP contribution in [-0.2, 0) is 14.8 Å². The smallest absolute Gasteiger partial charge is 0.241 e. The maximum Gasteiger partial charge on any atom is 0.241 e. The molecule has 7 heteroatoms. The van der Waals surface area contributed by atoms with Crippen molar-refractivity contribution in [1.82, 2.24) is 10.0 Å². The van der Waals surface area contributed by atoms with Crippen molar-refractivity contribution in [3.8, 4) is 0 Å². The molecule has 0 unspecified atom stereocenters. The Hall–Kier alpha value is -1.11. The normalized spacial score (nSPS) is 16.7. The van der Waals surface area contributed by atoms with Crippen molar-refractivity contribution in [1.29, 1.82) is 0 Å². The Balaban J connectivity index is 1.94. The van der Waals surface area contributed by atoms with E-state index in [0.717, 1.165) is 12.8 Å². The van der Waals surface area contributed by atoms with Gasteiger partial charge in [-0.05, 0) is 57.2 Å². The molecule has 2 N–H and O–H groups in total. The Labute approximate surface area is 168 Å². The number of hydrogen-bond acceptors (Lipinski definition) is 3. The van der Waals surface area contributed by atoms with Crippen molar-refractivity contribution in [2.45, 2.75) is 76.2 Å². The number of carbonyl (C=O) groups is 1. The summed E-state index contributed by atoms with van der Waals surface area (Å²) >= 11 is 6.05. The molecule has 152 valence electrons. The largest absolute Gasteiger partial charge is 0.356 e. The molecule has 0 spiro atoms. The minimum atomic E-state index is -3.77. The van der Waals surface area contributed by atoms with Crippen molar-refractivity contribution in [3.05, 3.63) is 28.8 Å². The van der Waals surface area contributed by atoms with Gasteiger partial charge in [-0.2, -0.15) is 0 Å². The van der Waals surface area contributed by atoms with Crippen LogP contribution in [-0.4, -0.2) is 26.4 Å². The minimum Gasteiger partial charge on any atom is -0.356 e. The Morgan fingerprint density at radius 2 is 1.81 bits per heavy atom. The molecule has 0 heterocycles. The maximum absolute atomic E-state index is 12.7. The lowest BCUT2D eigenvalue weighted by Crippen LogP contribution is -2.47. The number of nitrogens with one attached hydrogen (secondary N) is 2. The zero-order chi connectivity index (χ0) is 20.1. The van der Waals surface area contributed by atoms with Crippen molar-refractivity contribution >= 4 is 27.5 Å². The minimum absolute atomic E-state index is 0.0819. The molecule has 0 radical (unpaired) electrons. The molecule has 1 fully saturated rings. The van der Waals surface area contributed by atoms with Gasteiger partial charge in [0.1, 0.15) is 0 Å². The van der Waals surface area contributed by atoms with Crippen molar-refractivity contribution in [3.63, 3.8) is 0 Å². The quantitative estimate of drug-likeness (QED) is 0.657. The first-order valence-corrected chi connectivity index (χ1v) is 11.5. The number of hydrogen-bond donors (Lipinski definition) is 2. The van der Waals surface area contributed by atoms with Crippen LogP contribution in [0.3, 0.4) is 0 Å². The van der Waals surface area contributed by atoms with Crippen LogP contribution in [0.5, 0.6) is 0 Å². The van der Waals surface area contributed by atoms with Crippen LogP contribution in [0.15, 0.2) is 23.1 Å². The second-order valence-electron chi connectivity index (χ2n) is 8.19. The van der Waals surface area contributed by atoms with Crippen molar-refractivity contribution < 1.29 is 13.2 Å². The fourth-order valence-corrected chi connectivity index (χ4v) is 5.53. The third-order valence-corrected chi connectivity index (χ3v) is 7.34. The molecule has 0 atom stereocenters. The summed E-state index contributed by atoms with van der Waals surface area (Å²) in [6.45, 7) is 5.78. The Bertz CT molecular complexity index is 754. The monoisotopic (exact) mass is 414 g/mol. The molecule has 1 amide bonds. The van der Waals surface area contributed by atoms with Crippen LogP contribution in [0, 0.1) is 12.8 Å². The SMILES string of the molecule is Cc1c(Cl)cccc1S(=O)(=O)NC(C)(C)CC(=O)NCC1CCCCCC1. The molecule has 1 aliphatic carbocycles. The molecule has 1 aromatic rings. The molecule has 0 bridgehead atoms. The summed E-state index contributed by atoms with van der Waals surface area (Å²) < 4.78 is 28.1. The average Bonchev–Trinajstić information content (AvgIpc) is 2.82. The van der Waals surface area contributed by atoms with Gasteiger partial charge in [0.25, 0.3) is 0 Å². The highest BCUT2D eigenvalue weighted by molar-refractivity contribution is 7.89. The Morgan fingerprint density at radius 1 is 1.19 bits per heavy atom. The molecule has 1 aliphatic rings. The van der Waals surface area contributed by atoms with Crippen LogP contribution < -0.4 is 10.0 Å². The third-order valence-electron chi connectivity index (χ3n) is 5.08. The van der Waals surface area contributed by atoms with E-state index >= 15 is 0 Å². The molecule has 1 aromatic carbocycles. The molecule has 0 aliphatic heterocycles. The van der Waals surface area contributed by atoms with Gasteiger partial charge < -0.3 is 5.32 Å². The lowest BCUT2D eigenvalue weighted by molar-refractivity contribution is -0.122. The zero-order valence-corrected chi connectivity index (χ0v) is 18.0. The van der Waals surface area contributed by atoms with E-state index in [1.807, 2.05) is 0 Å². The summed E-state index contributed by atoms with van der Waals surface area (Å²) in [5, 5.41) is 3.39. The van der Waals surface area contributed by atoms with E-state index in [0.29, 0.717) is 23.0 Å². The Morgan fingerprint density at radius 3 is 2.44 bits per heavy atom. The first kappa shape index (κ1) is 22.2. The predicted molar refractivity (Wildman–Crippen MR) is 109 cm³/mol. The summed E-state index contributed by atoms with van der Waals surface area (Å²) in [6, 6.07) is 4.78. The second kappa shape index (κ2) is 9.39. The highest BCUT2D eigenvalue weighted by Crippen LogP contribution is 2.25. The van der Waals surface area contributed by atoms with Crippen molar-refractivity contribution in [2.24, 2.45) is 5.92 Å². The number of sulfonamides is 1. The van der Waals surface area contributed by atoms with E-state index in [-0.39, 0.29) is 17.2 Å². The number of amides is 1. The van der Waals surface area contributed by atoms with E-state index in [1.54, 1.807) is 32.9 Å². The molecular weight excluding hydrogens is 384 g/mol. The summed E-state index contributed by atoms with van der Waals surface area (Å²) in [6.07, 6.45) is 7.41. The zero-order valence-electron chi connectivity index (χ0n) is 16.5. The van der Waals surface area contributed by atoms with Crippen LogP contribution in [0.1, 0.15) is 64.4 Å². The Kier molecular flexibility index (Phi) is 7.72. The lowest BCUT2D eigenvalue weighted by Gasteiger charge is -2.26. The van der Waals surface area contributed by atoms with E-state index in [4.69, 9.17) is 11.6 Å². The molecule has 2 rings (SSSR count). The maximum atomic E-state index is 12.7. The fraction of sp³-hybridized carbons (Fsp3) is 0.650. The van der Waals surface area contributed by atoms with Gasteiger partial charge in [-0.15, -0.1) is 0 Å². The van der Waals surface area contributed by atoms with E-state index in [2.05, 4.69) is 10.0 Å². The van der Waals surface area contributed by atoms with Gasteiger partial charge in [-0.1, -0.05) is 43.4 Å².